The predicted molar refractivity (Wildman–Crippen MR) is 137 cm³/mol. The molecule has 2 aliphatic heterocycles. The fourth-order valence-electron chi connectivity index (χ4n) is 3.64. The van der Waals surface area contributed by atoms with Gasteiger partial charge >= 0.3 is 0 Å². The minimum Gasteiger partial charge on any atom is -0.403 e. The summed E-state index contributed by atoms with van der Waals surface area (Å²) in [7, 11) is 1.50. The number of nitrogens with zero attached hydrogens (tertiary/aromatic N) is 5. The molecule has 1 aromatic carbocycles. The molecule has 4 N–H and O–H groups in total. The molecule has 0 unspecified atom stereocenters. The Morgan fingerprint density at radius 1 is 1.25 bits per heavy atom. The third kappa shape index (κ3) is 6.08. The summed E-state index contributed by atoms with van der Waals surface area (Å²) in [6.45, 7) is 13.7. The van der Waals surface area contributed by atoms with Crippen LogP contribution < -0.4 is 16.4 Å². The average molecular weight is 482 g/mol. The second kappa shape index (κ2) is 12.3. The van der Waals surface area contributed by atoms with E-state index in [-0.39, 0.29) is 10.7 Å². The van der Waals surface area contributed by atoms with Crippen molar-refractivity contribution in [3.05, 3.63) is 34.6 Å². The lowest BCUT2D eigenvalue weighted by molar-refractivity contribution is -0.131. The SMILES string of the molecule is C=Nc1cc(N2CCN(C3(C)COC3)CC2)c(Cl)cc1C=N/C(=C/N)C(Cl)=NCC.CN. The fraction of sp³-hybridized carbons (Fsp3) is 0.500. The fourth-order valence-corrected chi connectivity index (χ4v) is 4.16. The van der Waals surface area contributed by atoms with Gasteiger partial charge in [0.2, 0.25) is 0 Å². The molecular formula is C22H33Cl2N7O. The standard InChI is InChI=1S/C21H28Cl2N6O.CH5N/c1-4-26-20(23)18(11-24)27-12-15-9-16(22)19(10-17(15)25-3)28-5-7-29(8-6-28)21(2)13-30-14-21;1-2/h9-12H,3-8,13-14,24H2,1-2H3;2H2,1H3/b18-11+,26-20?,27-12?;. The van der Waals surface area contributed by atoms with Gasteiger partial charge < -0.3 is 21.1 Å². The van der Waals surface area contributed by atoms with Crippen LogP contribution in [-0.2, 0) is 4.74 Å². The van der Waals surface area contributed by atoms with Gasteiger partial charge in [-0.05, 0) is 39.7 Å². The number of anilines is 1. The molecule has 0 atom stereocenters. The first-order valence-electron chi connectivity index (χ1n) is 10.5. The van der Waals surface area contributed by atoms with E-state index in [0.29, 0.717) is 23.0 Å². The number of halogens is 2. The maximum atomic E-state index is 6.63. The molecule has 0 aromatic heterocycles. The average Bonchev–Trinajstić information content (AvgIpc) is 2.79. The van der Waals surface area contributed by atoms with Crippen molar-refractivity contribution in [2.75, 3.05) is 57.9 Å². The number of aliphatic imine (C=N–C) groups is 3. The Morgan fingerprint density at radius 2 is 1.91 bits per heavy atom. The Morgan fingerprint density at radius 3 is 2.41 bits per heavy atom. The molecule has 0 radical (unpaired) electrons. The van der Waals surface area contributed by atoms with Crippen molar-refractivity contribution in [3.63, 3.8) is 0 Å². The number of rotatable bonds is 7. The lowest BCUT2D eigenvalue weighted by Gasteiger charge is -2.50. The van der Waals surface area contributed by atoms with E-state index in [1.807, 2.05) is 19.1 Å². The monoisotopic (exact) mass is 481 g/mol. The number of hydrogen-bond acceptors (Lipinski definition) is 8. The summed E-state index contributed by atoms with van der Waals surface area (Å²) < 4.78 is 5.41. The molecular weight excluding hydrogens is 449 g/mol. The second-order valence-corrected chi connectivity index (χ2v) is 8.32. The van der Waals surface area contributed by atoms with Crippen LogP contribution in [0.4, 0.5) is 11.4 Å². The van der Waals surface area contributed by atoms with E-state index in [1.54, 1.807) is 6.21 Å². The normalized spacial score (nSPS) is 19.4. The van der Waals surface area contributed by atoms with Crippen molar-refractivity contribution in [1.82, 2.24) is 4.90 Å². The van der Waals surface area contributed by atoms with Crippen molar-refractivity contribution in [3.8, 4) is 0 Å². The van der Waals surface area contributed by atoms with Gasteiger partial charge in [0.05, 0.1) is 35.2 Å². The van der Waals surface area contributed by atoms with E-state index in [4.69, 9.17) is 33.7 Å². The quantitative estimate of drug-likeness (QED) is 0.582. The maximum Gasteiger partial charge on any atom is 0.151 e. The molecule has 176 valence electrons. The summed E-state index contributed by atoms with van der Waals surface area (Å²) in [6.07, 6.45) is 2.95. The Kier molecular flexibility index (Phi) is 10.1. The van der Waals surface area contributed by atoms with Gasteiger partial charge in [0.15, 0.2) is 5.17 Å². The predicted octanol–water partition coefficient (Wildman–Crippen LogP) is 3.03. The minimum atomic E-state index is 0.167. The molecule has 0 aliphatic carbocycles. The number of ether oxygens (including phenoxy) is 1. The number of allylic oxidation sites excluding steroid dienone is 1. The van der Waals surface area contributed by atoms with Crippen LogP contribution >= 0.6 is 23.2 Å². The van der Waals surface area contributed by atoms with E-state index in [1.165, 1.54) is 13.2 Å². The highest BCUT2D eigenvalue weighted by molar-refractivity contribution is 6.69. The molecule has 0 bridgehead atoms. The highest BCUT2D eigenvalue weighted by Gasteiger charge is 2.40. The van der Waals surface area contributed by atoms with Gasteiger partial charge in [-0.15, -0.1) is 0 Å². The first-order valence-corrected chi connectivity index (χ1v) is 11.3. The van der Waals surface area contributed by atoms with Crippen LogP contribution in [0, 0.1) is 0 Å². The summed E-state index contributed by atoms with van der Waals surface area (Å²) in [5.41, 5.74) is 13.1. The van der Waals surface area contributed by atoms with Crippen LogP contribution in [0.1, 0.15) is 19.4 Å². The molecule has 0 spiro atoms. The molecule has 2 heterocycles. The minimum absolute atomic E-state index is 0.167. The largest absolute Gasteiger partial charge is 0.403 e. The summed E-state index contributed by atoms with van der Waals surface area (Å²) in [5, 5.41) is 0.901. The van der Waals surface area contributed by atoms with Crippen molar-refractivity contribution < 1.29 is 4.74 Å². The van der Waals surface area contributed by atoms with Crippen molar-refractivity contribution >= 4 is 52.7 Å². The van der Waals surface area contributed by atoms with Crippen molar-refractivity contribution in [2.45, 2.75) is 19.4 Å². The lowest BCUT2D eigenvalue weighted by atomic mass is 9.97. The summed E-state index contributed by atoms with van der Waals surface area (Å²) in [6, 6.07) is 3.80. The van der Waals surface area contributed by atoms with Gasteiger partial charge in [-0.1, -0.05) is 23.2 Å². The first kappa shape index (κ1) is 26.3. The van der Waals surface area contributed by atoms with Gasteiger partial charge in [0, 0.05) is 50.7 Å². The number of nitrogens with two attached hydrogens (primary N) is 2. The molecule has 10 heteroatoms. The van der Waals surface area contributed by atoms with Crippen LogP contribution in [0.5, 0.6) is 0 Å². The van der Waals surface area contributed by atoms with Crippen LogP contribution in [0.15, 0.2) is 39.0 Å². The van der Waals surface area contributed by atoms with Gasteiger partial charge in [-0.3, -0.25) is 19.9 Å². The topological polar surface area (TPSA) is 105 Å². The second-order valence-electron chi connectivity index (χ2n) is 7.56. The highest BCUT2D eigenvalue weighted by atomic mass is 35.5. The van der Waals surface area contributed by atoms with Crippen LogP contribution in [0.25, 0.3) is 0 Å². The number of benzene rings is 1. The molecule has 0 amide bonds. The smallest absolute Gasteiger partial charge is 0.151 e. The van der Waals surface area contributed by atoms with Crippen molar-refractivity contribution in [1.29, 1.82) is 0 Å². The van der Waals surface area contributed by atoms with E-state index in [2.05, 4.69) is 44.2 Å². The van der Waals surface area contributed by atoms with Gasteiger partial charge in [-0.25, -0.2) is 0 Å². The van der Waals surface area contributed by atoms with Gasteiger partial charge in [0.1, 0.15) is 5.70 Å². The Bertz CT molecular complexity index is 873. The third-order valence-electron chi connectivity index (χ3n) is 5.49. The summed E-state index contributed by atoms with van der Waals surface area (Å²) in [5.74, 6) is 0. The van der Waals surface area contributed by atoms with E-state index >= 15 is 0 Å². The molecule has 8 nitrogen and oxygen atoms in total. The Labute approximate surface area is 200 Å². The van der Waals surface area contributed by atoms with Gasteiger partial charge in [0.25, 0.3) is 0 Å². The summed E-state index contributed by atoms with van der Waals surface area (Å²) in [4.78, 5) is 17.4. The summed E-state index contributed by atoms with van der Waals surface area (Å²) >= 11 is 12.7. The lowest BCUT2D eigenvalue weighted by Crippen LogP contribution is -2.64. The van der Waals surface area contributed by atoms with Gasteiger partial charge in [-0.2, -0.15) is 0 Å². The zero-order valence-electron chi connectivity index (χ0n) is 19.0. The van der Waals surface area contributed by atoms with Crippen molar-refractivity contribution in [2.24, 2.45) is 26.4 Å². The number of hydrogen-bond donors (Lipinski definition) is 2. The number of piperazine rings is 1. The van der Waals surface area contributed by atoms with E-state index in [0.717, 1.165) is 50.6 Å². The molecule has 3 rings (SSSR count). The highest BCUT2D eigenvalue weighted by Crippen LogP contribution is 2.35. The molecule has 1 aromatic rings. The molecule has 0 saturated carbocycles. The van der Waals surface area contributed by atoms with Crippen LogP contribution in [0.3, 0.4) is 0 Å². The molecule has 32 heavy (non-hydrogen) atoms. The molecule has 2 aliphatic rings. The van der Waals surface area contributed by atoms with Crippen LogP contribution in [-0.4, -0.2) is 81.5 Å². The zero-order valence-corrected chi connectivity index (χ0v) is 20.5. The Balaban J connectivity index is 0.00000176. The molecule has 2 saturated heterocycles. The van der Waals surface area contributed by atoms with E-state index in [9.17, 15) is 0 Å². The Hall–Kier alpha value is -1.97. The zero-order chi connectivity index (χ0) is 23.7. The van der Waals surface area contributed by atoms with E-state index < -0.39 is 0 Å². The molecule has 2 fully saturated rings. The third-order valence-corrected chi connectivity index (χ3v) is 6.10. The van der Waals surface area contributed by atoms with Crippen LogP contribution in [0.2, 0.25) is 5.02 Å². The maximum absolute atomic E-state index is 6.63. The first-order chi connectivity index (χ1) is 15.4.